The van der Waals surface area contributed by atoms with Gasteiger partial charge in [-0.3, -0.25) is 10.3 Å². The van der Waals surface area contributed by atoms with Gasteiger partial charge in [0.15, 0.2) is 5.13 Å². The summed E-state index contributed by atoms with van der Waals surface area (Å²) >= 11 is 1.39. The molecule has 1 N–H and O–H groups in total. The fraction of sp³-hybridized carbons (Fsp3) is 0.444. The van der Waals surface area contributed by atoms with Crippen molar-refractivity contribution in [1.29, 1.82) is 0 Å². The first-order chi connectivity index (χ1) is 13.1. The number of rotatable bonds is 4. The van der Waals surface area contributed by atoms with E-state index in [1.54, 1.807) is 24.2 Å². The van der Waals surface area contributed by atoms with Gasteiger partial charge in [0.05, 0.1) is 17.2 Å². The summed E-state index contributed by atoms with van der Waals surface area (Å²) in [6, 6.07) is 3.81. The molecule has 1 aliphatic rings. The van der Waals surface area contributed by atoms with Gasteiger partial charge in [-0.1, -0.05) is 11.3 Å². The van der Waals surface area contributed by atoms with Crippen molar-refractivity contribution in [1.82, 2.24) is 14.9 Å². The molecule has 1 aliphatic heterocycles. The van der Waals surface area contributed by atoms with Gasteiger partial charge in [-0.25, -0.2) is 14.6 Å². The number of amides is 2. The molecule has 2 aromatic heterocycles. The molecular formula is C18H22N4O4S. The molecule has 144 valence electrons. The smallest absolute Gasteiger partial charge is 0.413 e. The summed E-state index contributed by atoms with van der Waals surface area (Å²) in [4.78, 5) is 34.9. The molecule has 0 bridgehead atoms. The van der Waals surface area contributed by atoms with Crippen molar-refractivity contribution in [3.8, 4) is 10.4 Å². The van der Waals surface area contributed by atoms with Gasteiger partial charge in [-0.2, -0.15) is 0 Å². The molecule has 1 fully saturated rings. The number of pyridine rings is 1. The lowest BCUT2D eigenvalue weighted by Crippen LogP contribution is -2.42. The first kappa shape index (κ1) is 19.1. The molecule has 0 spiro atoms. The zero-order valence-corrected chi connectivity index (χ0v) is 16.1. The number of anilines is 1. The quantitative estimate of drug-likeness (QED) is 0.856. The number of hydrogen-bond acceptors (Lipinski definition) is 7. The number of aromatic nitrogens is 2. The maximum absolute atomic E-state index is 12.2. The maximum atomic E-state index is 12.2. The van der Waals surface area contributed by atoms with Gasteiger partial charge in [0.25, 0.3) is 0 Å². The van der Waals surface area contributed by atoms with E-state index in [4.69, 9.17) is 9.47 Å². The topological polar surface area (TPSA) is 93.6 Å². The number of ether oxygens (including phenoxy) is 2. The number of likely N-dealkylation sites (tertiary alicyclic amines) is 1. The monoisotopic (exact) mass is 390 g/mol. The van der Waals surface area contributed by atoms with E-state index in [-0.39, 0.29) is 12.2 Å². The lowest BCUT2D eigenvalue weighted by atomic mass is 10.1. The molecule has 0 aliphatic carbocycles. The van der Waals surface area contributed by atoms with Crippen molar-refractivity contribution in [2.24, 2.45) is 0 Å². The van der Waals surface area contributed by atoms with Gasteiger partial charge in [-0.15, -0.1) is 0 Å². The molecule has 3 rings (SSSR count). The Hall–Kier alpha value is -2.68. The average molecular weight is 390 g/mol. The van der Waals surface area contributed by atoms with Crippen LogP contribution in [0, 0.1) is 6.92 Å². The van der Waals surface area contributed by atoms with Gasteiger partial charge in [0.1, 0.15) is 6.10 Å². The second-order valence-electron chi connectivity index (χ2n) is 6.09. The minimum atomic E-state index is -0.528. The van der Waals surface area contributed by atoms with Gasteiger partial charge < -0.3 is 14.4 Å². The number of hydrogen-bond donors (Lipinski definition) is 1. The number of piperidine rings is 1. The minimum absolute atomic E-state index is 0.226. The van der Waals surface area contributed by atoms with Gasteiger partial charge in [-0.05, 0) is 31.5 Å². The largest absolute Gasteiger partial charge is 0.450 e. The first-order valence-electron chi connectivity index (χ1n) is 8.84. The van der Waals surface area contributed by atoms with E-state index in [1.807, 2.05) is 19.1 Å². The van der Waals surface area contributed by atoms with E-state index in [0.29, 0.717) is 37.7 Å². The molecular weight excluding hydrogens is 368 g/mol. The van der Waals surface area contributed by atoms with E-state index in [1.165, 1.54) is 11.3 Å². The third-order valence-electron chi connectivity index (χ3n) is 4.19. The molecule has 0 aromatic carbocycles. The van der Waals surface area contributed by atoms with Crippen LogP contribution in [-0.4, -0.2) is 52.9 Å². The summed E-state index contributed by atoms with van der Waals surface area (Å²) in [5.74, 6) is 0. The van der Waals surface area contributed by atoms with E-state index >= 15 is 0 Å². The van der Waals surface area contributed by atoms with Crippen LogP contribution in [0.25, 0.3) is 10.4 Å². The highest BCUT2D eigenvalue weighted by Gasteiger charge is 2.26. The Kier molecular flexibility index (Phi) is 6.23. The zero-order chi connectivity index (χ0) is 19.2. The molecule has 1 saturated heterocycles. The number of carbonyl (C=O) groups is 2. The number of carbonyl (C=O) groups excluding carboxylic acids is 2. The Morgan fingerprint density at radius 3 is 2.67 bits per heavy atom. The molecule has 0 radical (unpaired) electrons. The molecule has 8 nitrogen and oxygen atoms in total. The van der Waals surface area contributed by atoms with Crippen molar-refractivity contribution in [3.63, 3.8) is 0 Å². The summed E-state index contributed by atoms with van der Waals surface area (Å²) in [5, 5.41) is 3.19. The van der Waals surface area contributed by atoms with E-state index in [2.05, 4.69) is 15.3 Å². The van der Waals surface area contributed by atoms with Crippen LogP contribution in [0.5, 0.6) is 0 Å². The van der Waals surface area contributed by atoms with Crippen LogP contribution in [0.3, 0.4) is 0 Å². The highest BCUT2D eigenvalue weighted by Crippen LogP contribution is 2.32. The zero-order valence-electron chi connectivity index (χ0n) is 15.3. The Morgan fingerprint density at radius 2 is 2.00 bits per heavy atom. The van der Waals surface area contributed by atoms with Crippen molar-refractivity contribution in [3.05, 3.63) is 30.2 Å². The fourth-order valence-electron chi connectivity index (χ4n) is 2.86. The molecule has 2 amide bonds. The van der Waals surface area contributed by atoms with Crippen molar-refractivity contribution in [2.45, 2.75) is 32.8 Å². The minimum Gasteiger partial charge on any atom is -0.450 e. The van der Waals surface area contributed by atoms with Gasteiger partial charge in [0.2, 0.25) is 0 Å². The lowest BCUT2D eigenvalue weighted by Gasteiger charge is -2.30. The van der Waals surface area contributed by atoms with Gasteiger partial charge in [0, 0.05) is 38.3 Å². The van der Waals surface area contributed by atoms with Gasteiger partial charge >= 0.3 is 12.2 Å². The van der Waals surface area contributed by atoms with Crippen LogP contribution in [0.1, 0.15) is 25.5 Å². The molecule has 0 saturated carbocycles. The Labute approximate surface area is 161 Å². The molecule has 3 heterocycles. The van der Waals surface area contributed by atoms with E-state index in [0.717, 1.165) is 16.1 Å². The second-order valence-corrected chi connectivity index (χ2v) is 7.08. The van der Waals surface area contributed by atoms with Crippen LogP contribution in [0.15, 0.2) is 24.5 Å². The Balaban J connectivity index is 1.51. The normalized spacial score (nSPS) is 14.7. The first-order valence-corrected chi connectivity index (χ1v) is 9.65. The SMILES string of the molecule is CCOC(=O)N1CCC(OC(=O)Nc2nc(C)c(-c3ccncc3)s2)CC1. The summed E-state index contributed by atoms with van der Waals surface area (Å²) in [7, 11) is 0. The number of thiazole rings is 1. The maximum Gasteiger partial charge on any atom is 0.413 e. The summed E-state index contributed by atoms with van der Waals surface area (Å²) in [6.45, 7) is 5.05. The molecule has 2 aromatic rings. The predicted octanol–water partition coefficient (Wildman–Crippen LogP) is 3.68. The highest BCUT2D eigenvalue weighted by molar-refractivity contribution is 7.19. The summed E-state index contributed by atoms with van der Waals surface area (Å²) in [5.41, 5.74) is 1.84. The van der Waals surface area contributed by atoms with Crippen LogP contribution in [0.2, 0.25) is 0 Å². The Morgan fingerprint density at radius 1 is 1.30 bits per heavy atom. The van der Waals surface area contributed by atoms with Crippen molar-refractivity contribution >= 4 is 28.7 Å². The third kappa shape index (κ3) is 4.94. The third-order valence-corrected chi connectivity index (χ3v) is 5.31. The van der Waals surface area contributed by atoms with E-state index < -0.39 is 6.09 Å². The molecule has 0 atom stereocenters. The van der Waals surface area contributed by atoms with Crippen LogP contribution >= 0.6 is 11.3 Å². The van der Waals surface area contributed by atoms with E-state index in [9.17, 15) is 9.59 Å². The predicted molar refractivity (Wildman–Crippen MR) is 102 cm³/mol. The molecule has 0 unspecified atom stereocenters. The van der Waals surface area contributed by atoms with Crippen LogP contribution in [0.4, 0.5) is 14.7 Å². The molecule has 27 heavy (non-hydrogen) atoms. The fourth-order valence-corrected chi connectivity index (χ4v) is 3.82. The molecule has 9 heteroatoms. The average Bonchev–Trinajstić information content (AvgIpc) is 3.03. The number of aryl methyl sites for hydroxylation is 1. The number of nitrogens with zero attached hydrogens (tertiary/aromatic N) is 3. The number of nitrogens with one attached hydrogen (secondary N) is 1. The summed E-state index contributed by atoms with van der Waals surface area (Å²) < 4.78 is 10.4. The van der Waals surface area contributed by atoms with Crippen LogP contribution in [-0.2, 0) is 9.47 Å². The highest BCUT2D eigenvalue weighted by atomic mass is 32.1. The Bertz CT molecular complexity index is 788. The standard InChI is InChI=1S/C18H22N4O4S/c1-3-25-18(24)22-10-6-14(7-11-22)26-17(23)21-16-20-12(2)15(27-16)13-4-8-19-9-5-13/h4-5,8-9,14H,3,6-7,10-11H2,1-2H3,(H,20,21,23). The van der Waals surface area contributed by atoms with Crippen molar-refractivity contribution in [2.75, 3.05) is 25.0 Å². The summed E-state index contributed by atoms with van der Waals surface area (Å²) in [6.07, 6.45) is 3.55. The lowest BCUT2D eigenvalue weighted by molar-refractivity contribution is 0.0490. The van der Waals surface area contributed by atoms with Crippen LogP contribution < -0.4 is 5.32 Å². The second kappa shape index (κ2) is 8.81. The van der Waals surface area contributed by atoms with Crippen molar-refractivity contribution < 1.29 is 19.1 Å².